The number of aryl methyl sites for hydroxylation is 1. The molecule has 1 fully saturated rings. The van der Waals surface area contributed by atoms with Crippen molar-refractivity contribution in [2.75, 3.05) is 18.6 Å². The number of nitrogens with one attached hydrogen (secondary N) is 1. The van der Waals surface area contributed by atoms with E-state index < -0.39 is 0 Å². The summed E-state index contributed by atoms with van der Waals surface area (Å²) < 4.78 is 5.37. The van der Waals surface area contributed by atoms with Gasteiger partial charge in [0.25, 0.3) is 0 Å². The Labute approximate surface area is 157 Å². The van der Waals surface area contributed by atoms with Gasteiger partial charge >= 0.3 is 0 Å². The first-order valence-electron chi connectivity index (χ1n) is 8.45. The maximum atomic E-state index is 12.5. The van der Waals surface area contributed by atoms with Crippen LogP contribution in [0.15, 0.2) is 42.5 Å². The molecule has 1 saturated heterocycles. The molecule has 2 aromatic carbocycles. The number of methoxy groups -OCH3 is 1. The highest BCUT2D eigenvalue weighted by Gasteiger charge is 2.36. The van der Waals surface area contributed by atoms with Crippen molar-refractivity contribution >= 4 is 29.1 Å². The van der Waals surface area contributed by atoms with Crippen molar-refractivity contribution in [3.63, 3.8) is 0 Å². The minimum absolute atomic E-state index is 0.0689. The largest absolute Gasteiger partial charge is 0.495 e. The van der Waals surface area contributed by atoms with Gasteiger partial charge in [0.05, 0.1) is 18.7 Å². The number of hydrogen-bond donors (Lipinski definition) is 1. The number of nitrogens with zero attached hydrogens (tertiary/aromatic N) is 1. The number of anilines is 1. The van der Waals surface area contributed by atoms with Crippen molar-refractivity contribution < 1.29 is 14.3 Å². The number of rotatable bonds is 5. The third-order valence-corrected chi connectivity index (χ3v) is 4.75. The highest BCUT2D eigenvalue weighted by atomic mass is 35.5. The molecule has 1 aliphatic heterocycles. The lowest BCUT2D eigenvalue weighted by Gasteiger charge is -2.20. The van der Waals surface area contributed by atoms with Crippen molar-refractivity contribution in [2.24, 2.45) is 5.92 Å². The second-order valence-corrected chi connectivity index (χ2v) is 6.86. The first-order chi connectivity index (χ1) is 12.5. The van der Waals surface area contributed by atoms with Gasteiger partial charge in [0.15, 0.2) is 0 Å². The summed E-state index contributed by atoms with van der Waals surface area (Å²) in [6.07, 6.45) is 0.198. The minimum Gasteiger partial charge on any atom is -0.495 e. The van der Waals surface area contributed by atoms with E-state index in [2.05, 4.69) is 5.32 Å². The Balaban J connectivity index is 1.66. The summed E-state index contributed by atoms with van der Waals surface area (Å²) in [5, 5.41) is 3.56. The van der Waals surface area contributed by atoms with Crippen LogP contribution in [0.25, 0.3) is 0 Å². The lowest BCUT2D eigenvalue weighted by atomic mass is 10.1. The van der Waals surface area contributed by atoms with Crippen LogP contribution in [0.1, 0.15) is 17.5 Å². The van der Waals surface area contributed by atoms with Gasteiger partial charge in [-0.15, -0.1) is 0 Å². The highest BCUT2D eigenvalue weighted by Crippen LogP contribution is 2.33. The van der Waals surface area contributed by atoms with E-state index in [1.165, 1.54) is 0 Å². The Bertz CT molecular complexity index is 820. The molecule has 1 aliphatic rings. The standard InChI is InChI=1S/C20H21ClN2O3/c1-13-3-8-18(26-2)17(9-13)23-12-15(10-19(23)24)20(25)22-11-14-4-6-16(21)7-5-14/h3-9,15H,10-12H2,1-2H3,(H,22,25). The summed E-state index contributed by atoms with van der Waals surface area (Å²) in [7, 11) is 1.57. The zero-order chi connectivity index (χ0) is 18.7. The number of carbonyl (C=O) groups excluding carboxylic acids is 2. The van der Waals surface area contributed by atoms with Crippen LogP contribution in [0, 0.1) is 12.8 Å². The Morgan fingerprint density at radius 3 is 2.69 bits per heavy atom. The molecule has 1 heterocycles. The molecule has 2 aromatic rings. The van der Waals surface area contributed by atoms with Gasteiger partial charge in [-0.2, -0.15) is 0 Å². The maximum Gasteiger partial charge on any atom is 0.227 e. The van der Waals surface area contributed by atoms with Gasteiger partial charge < -0.3 is 15.0 Å². The molecule has 0 radical (unpaired) electrons. The van der Waals surface area contributed by atoms with Gasteiger partial charge in [-0.1, -0.05) is 29.8 Å². The second-order valence-electron chi connectivity index (χ2n) is 6.42. The molecule has 6 heteroatoms. The quantitative estimate of drug-likeness (QED) is 0.875. The monoisotopic (exact) mass is 372 g/mol. The first-order valence-corrected chi connectivity index (χ1v) is 8.83. The molecular formula is C20H21ClN2O3. The van der Waals surface area contributed by atoms with Crippen LogP contribution >= 0.6 is 11.6 Å². The molecule has 1 atom stereocenters. The van der Waals surface area contributed by atoms with E-state index in [0.29, 0.717) is 29.5 Å². The SMILES string of the molecule is COc1ccc(C)cc1N1CC(C(=O)NCc2ccc(Cl)cc2)CC1=O. The number of amides is 2. The number of carbonyl (C=O) groups is 2. The number of ether oxygens (including phenoxy) is 1. The van der Waals surface area contributed by atoms with Gasteiger partial charge in [-0.3, -0.25) is 9.59 Å². The van der Waals surface area contributed by atoms with E-state index in [-0.39, 0.29) is 24.2 Å². The van der Waals surface area contributed by atoms with Crippen LogP contribution in [-0.2, 0) is 16.1 Å². The zero-order valence-electron chi connectivity index (χ0n) is 14.8. The normalized spacial score (nSPS) is 16.7. The van der Waals surface area contributed by atoms with Crippen LogP contribution < -0.4 is 15.0 Å². The third kappa shape index (κ3) is 3.99. The Hall–Kier alpha value is -2.53. The summed E-state index contributed by atoms with van der Waals surface area (Å²) in [6.45, 7) is 2.72. The molecule has 1 unspecified atom stereocenters. The fourth-order valence-corrected chi connectivity index (χ4v) is 3.19. The molecule has 3 rings (SSSR count). The molecule has 0 spiro atoms. The predicted octanol–water partition coefficient (Wildman–Crippen LogP) is 3.33. The fraction of sp³-hybridized carbons (Fsp3) is 0.300. The first kappa shape index (κ1) is 18.3. The predicted molar refractivity (Wildman–Crippen MR) is 101 cm³/mol. The van der Waals surface area contributed by atoms with E-state index in [9.17, 15) is 9.59 Å². The van der Waals surface area contributed by atoms with Gasteiger partial charge in [-0.05, 0) is 42.3 Å². The maximum absolute atomic E-state index is 12.5. The van der Waals surface area contributed by atoms with Crippen molar-refractivity contribution in [3.8, 4) is 5.75 Å². The van der Waals surface area contributed by atoms with Crippen LogP contribution in [0.5, 0.6) is 5.75 Å². The smallest absolute Gasteiger partial charge is 0.227 e. The van der Waals surface area contributed by atoms with Crippen LogP contribution in [0.4, 0.5) is 5.69 Å². The molecule has 0 saturated carbocycles. The van der Waals surface area contributed by atoms with E-state index in [0.717, 1.165) is 11.1 Å². The summed E-state index contributed by atoms with van der Waals surface area (Å²) in [6, 6.07) is 13.0. The van der Waals surface area contributed by atoms with Crippen molar-refractivity contribution in [2.45, 2.75) is 19.9 Å². The van der Waals surface area contributed by atoms with Crippen LogP contribution in [0.2, 0.25) is 5.02 Å². The molecule has 26 heavy (non-hydrogen) atoms. The van der Waals surface area contributed by atoms with Crippen molar-refractivity contribution in [1.29, 1.82) is 0 Å². The van der Waals surface area contributed by atoms with Gasteiger partial charge in [0, 0.05) is 24.5 Å². The van der Waals surface area contributed by atoms with Gasteiger partial charge in [0.2, 0.25) is 11.8 Å². The van der Waals surface area contributed by atoms with Crippen LogP contribution in [-0.4, -0.2) is 25.5 Å². The average Bonchev–Trinajstić information content (AvgIpc) is 3.02. The Morgan fingerprint density at radius 2 is 2.00 bits per heavy atom. The highest BCUT2D eigenvalue weighted by molar-refractivity contribution is 6.30. The summed E-state index contributed by atoms with van der Waals surface area (Å²) in [5.41, 5.74) is 2.71. The van der Waals surface area contributed by atoms with Gasteiger partial charge in [-0.25, -0.2) is 0 Å². The third-order valence-electron chi connectivity index (χ3n) is 4.50. The number of hydrogen-bond acceptors (Lipinski definition) is 3. The molecule has 0 bridgehead atoms. The second kappa shape index (κ2) is 7.79. The molecule has 2 amide bonds. The topological polar surface area (TPSA) is 58.6 Å². The van der Waals surface area contributed by atoms with E-state index >= 15 is 0 Å². The Kier molecular flexibility index (Phi) is 5.47. The number of benzene rings is 2. The van der Waals surface area contributed by atoms with Crippen molar-refractivity contribution in [1.82, 2.24) is 5.32 Å². The molecule has 0 aromatic heterocycles. The van der Waals surface area contributed by atoms with E-state index in [1.807, 2.05) is 37.3 Å². The van der Waals surface area contributed by atoms with Gasteiger partial charge in [0.1, 0.15) is 5.75 Å². The van der Waals surface area contributed by atoms with E-state index in [4.69, 9.17) is 16.3 Å². The van der Waals surface area contributed by atoms with E-state index in [1.54, 1.807) is 24.1 Å². The lowest BCUT2D eigenvalue weighted by Crippen LogP contribution is -2.32. The van der Waals surface area contributed by atoms with Crippen LogP contribution in [0.3, 0.4) is 0 Å². The summed E-state index contributed by atoms with van der Waals surface area (Å²) in [5.74, 6) is 0.0640. The molecule has 5 nitrogen and oxygen atoms in total. The molecular weight excluding hydrogens is 352 g/mol. The summed E-state index contributed by atoms with van der Waals surface area (Å²) >= 11 is 5.86. The van der Waals surface area contributed by atoms with Crippen molar-refractivity contribution in [3.05, 3.63) is 58.6 Å². The molecule has 1 N–H and O–H groups in total. The Morgan fingerprint density at radius 1 is 1.27 bits per heavy atom. The fourth-order valence-electron chi connectivity index (χ4n) is 3.06. The zero-order valence-corrected chi connectivity index (χ0v) is 15.5. The minimum atomic E-state index is -0.375. The summed E-state index contributed by atoms with van der Waals surface area (Å²) in [4.78, 5) is 26.6. The lowest BCUT2D eigenvalue weighted by molar-refractivity contribution is -0.126. The molecule has 0 aliphatic carbocycles. The average molecular weight is 373 g/mol. The molecule has 136 valence electrons. The number of halogens is 1.